The van der Waals surface area contributed by atoms with Gasteiger partial charge in [0.1, 0.15) is 6.54 Å². The number of benzene rings is 1. The van der Waals surface area contributed by atoms with Crippen molar-refractivity contribution in [3.8, 4) is 0 Å². The van der Waals surface area contributed by atoms with Crippen LogP contribution in [0.2, 0.25) is 0 Å². The molecule has 0 radical (unpaired) electrons. The van der Waals surface area contributed by atoms with E-state index in [2.05, 4.69) is 5.32 Å². The van der Waals surface area contributed by atoms with Crippen LogP contribution < -0.4 is 16.4 Å². The highest BCUT2D eigenvalue weighted by atomic mass is 19.4. The number of nitrogens with two attached hydrogens (primary N) is 1. The maximum atomic E-state index is 11.8. The van der Waals surface area contributed by atoms with E-state index in [1.165, 1.54) is 0 Å². The SMILES string of the molecule is NCCc1ccc(CNC(=O)NCC(F)(F)F)cc1. The fourth-order valence-corrected chi connectivity index (χ4v) is 1.42. The highest BCUT2D eigenvalue weighted by molar-refractivity contribution is 5.73. The van der Waals surface area contributed by atoms with Gasteiger partial charge in [-0.1, -0.05) is 24.3 Å². The Morgan fingerprint density at radius 3 is 2.21 bits per heavy atom. The molecule has 2 amide bonds. The molecule has 106 valence electrons. The number of urea groups is 1. The Labute approximate surface area is 109 Å². The predicted octanol–water partition coefficient (Wildman–Crippen LogP) is 1.55. The summed E-state index contributed by atoms with van der Waals surface area (Å²) in [6.45, 7) is -0.613. The van der Waals surface area contributed by atoms with Crippen molar-refractivity contribution in [2.75, 3.05) is 13.1 Å². The van der Waals surface area contributed by atoms with E-state index in [9.17, 15) is 18.0 Å². The second-order valence-corrected chi connectivity index (χ2v) is 4.01. The molecule has 0 fully saturated rings. The normalized spacial score (nSPS) is 11.2. The van der Waals surface area contributed by atoms with Crippen LogP contribution >= 0.6 is 0 Å². The van der Waals surface area contributed by atoms with Crippen molar-refractivity contribution in [3.05, 3.63) is 35.4 Å². The summed E-state index contributed by atoms with van der Waals surface area (Å²) in [6, 6.07) is 6.50. The summed E-state index contributed by atoms with van der Waals surface area (Å²) >= 11 is 0. The molecular formula is C12H16F3N3O. The fourth-order valence-electron chi connectivity index (χ4n) is 1.42. The molecule has 19 heavy (non-hydrogen) atoms. The van der Waals surface area contributed by atoms with Gasteiger partial charge < -0.3 is 16.4 Å². The summed E-state index contributed by atoms with van der Waals surface area (Å²) in [4.78, 5) is 11.1. The lowest BCUT2D eigenvalue weighted by Gasteiger charge is -2.10. The Bertz CT molecular complexity index is 404. The number of halogens is 3. The van der Waals surface area contributed by atoms with Crippen molar-refractivity contribution in [3.63, 3.8) is 0 Å². The number of hydrogen-bond donors (Lipinski definition) is 3. The summed E-state index contributed by atoms with van der Waals surface area (Å²) in [5.74, 6) is 0. The van der Waals surface area contributed by atoms with Crippen LogP contribution in [-0.4, -0.2) is 25.3 Å². The maximum absolute atomic E-state index is 11.8. The van der Waals surface area contributed by atoms with Gasteiger partial charge in [-0.15, -0.1) is 0 Å². The van der Waals surface area contributed by atoms with Crippen LogP contribution in [0.25, 0.3) is 0 Å². The molecule has 1 aromatic carbocycles. The van der Waals surface area contributed by atoms with Gasteiger partial charge in [0.25, 0.3) is 0 Å². The second kappa shape index (κ2) is 6.98. The third-order valence-corrected chi connectivity index (χ3v) is 2.36. The lowest BCUT2D eigenvalue weighted by molar-refractivity contribution is -0.122. The van der Waals surface area contributed by atoms with Crippen LogP contribution in [0.5, 0.6) is 0 Å². The smallest absolute Gasteiger partial charge is 0.334 e. The zero-order chi connectivity index (χ0) is 14.3. The summed E-state index contributed by atoms with van der Waals surface area (Å²) in [6.07, 6.45) is -3.64. The zero-order valence-corrected chi connectivity index (χ0v) is 10.3. The monoisotopic (exact) mass is 275 g/mol. The maximum Gasteiger partial charge on any atom is 0.405 e. The first-order valence-corrected chi connectivity index (χ1v) is 5.77. The van der Waals surface area contributed by atoms with Gasteiger partial charge >= 0.3 is 12.2 Å². The summed E-state index contributed by atoms with van der Waals surface area (Å²) in [7, 11) is 0. The molecule has 4 nitrogen and oxygen atoms in total. The summed E-state index contributed by atoms with van der Waals surface area (Å²) in [5, 5.41) is 4.08. The minimum atomic E-state index is -4.40. The second-order valence-electron chi connectivity index (χ2n) is 4.01. The van der Waals surface area contributed by atoms with E-state index in [-0.39, 0.29) is 6.54 Å². The van der Waals surface area contributed by atoms with Crippen LogP contribution in [-0.2, 0) is 13.0 Å². The molecule has 0 unspecified atom stereocenters. The van der Waals surface area contributed by atoms with Gasteiger partial charge in [0, 0.05) is 6.54 Å². The topological polar surface area (TPSA) is 67.1 Å². The molecule has 0 heterocycles. The van der Waals surface area contributed by atoms with Crippen LogP contribution in [0.3, 0.4) is 0 Å². The Balaban J connectivity index is 2.33. The first-order chi connectivity index (χ1) is 8.90. The van der Waals surface area contributed by atoms with Gasteiger partial charge in [-0.3, -0.25) is 0 Å². The molecular weight excluding hydrogens is 259 g/mol. The molecule has 7 heteroatoms. The van der Waals surface area contributed by atoms with Gasteiger partial charge in [-0.25, -0.2) is 4.79 Å². The number of amides is 2. The van der Waals surface area contributed by atoms with Crippen LogP contribution in [0.1, 0.15) is 11.1 Å². The van der Waals surface area contributed by atoms with Gasteiger partial charge in [0.05, 0.1) is 0 Å². The minimum Gasteiger partial charge on any atom is -0.334 e. The van der Waals surface area contributed by atoms with Crippen molar-refractivity contribution in [1.29, 1.82) is 0 Å². The van der Waals surface area contributed by atoms with E-state index in [0.29, 0.717) is 6.54 Å². The van der Waals surface area contributed by atoms with Gasteiger partial charge in [-0.05, 0) is 24.1 Å². The molecule has 4 N–H and O–H groups in total. The molecule has 0 saturated carbocycles. The first kappa shape index (κ1) is 15.3. The van der Waals surface area contributed by atoms with E-state index >= 15 is 0 Å². The lowest BCUT2D eigenvalue weighted by Crippen LogP contribution is -2.40. The molecule has 0 saturated heterocycles. The largest absolute Gasteiger partial charge is 0.405 e. The Hall–Kier alpha value is -1.76. The first-order valence-electron chi connectivity index (χ1n) is 5.77. The van der Waals surface area contributed by atoms with E-state index < -0.39 is 18.8 Å². The molecule has 0 aliphatic carbocycles. The molecule has 0 aliphatic heterocycles. The molecule has 0 aliphatic rings. The third-order valence-electron chi connectivity index (χ3n) is 2.36. The number of rotatable bonds is 5. The Morgan fingerprint density at radius 2 is 1.68 bits per heavy atom. The standard InChI is InChI=1S/C12H16F3N3O/c13-12(14,15)8-18-11(19)17-7-10-3-1-9(2-4-10)5-6-16/h1-4H,5-8,16H2,(H2,17,18,19). The quantitative estimate of drug-likeness (QED) is 0.763. The van der Waals surface area contributed by atoms with Crippen LogP contribution in [0.15, 0.2) is 24.3 Å². The lowest BCUT2D eigenvalue weighted by atomic mass is 10.1. The molecule has 0 bridgehead atoms. The molecule has 1 rings (SSSR count). The van der Waals surface area contributed by atoms with Crippen molar-refractivity contribution >= 4 is 6.03 Å². The van der Waals surface area contributed by atoms with Crippen molar-refractivity contribution in [2.24, 2.45) is 5.73 Å². The highest BCUT2D eigenvalue weighted by Crippen LogP contribution is 2.12. The molecule has 0 atom stereocenters. The number of hydrogen-bond acceptors (Lipinski definition) is 2. The highest BCUT2D eigenvalue weighted by Gasteiger charge is 2.27. The van der Waals surface area contributed by atoms with Crippen molar-refractivity contribution in [2.45, 2.75) is 19.1 Å². The van der Waals surface area contributed by atoms with E-state index in [0.717, 1.165) is 17.5 Å². The average Bonchev–Trinajstić information content (AvgIpc) is 2.35. The Kier molecular flexibility index (Phi) is 5.62. The minimum absolute atomic E-state index is 0.173. The molecule has 0 spiro atoms. The van der Waals surface area contributed by atoms with Crippen molar-refractivity contribution < 1.29 is 18.0 Å². The van der Waals surface area contributed by atoms with E-state index in [1.54, 1.807) is 17.4 Å². The van der Waals surface area contributed by atoms with Gasteiger partial charge in [0.2, 0.25) is 0 Å². The van der Waals surface area contributed by atoms with Crippen LogP contribution in [0.4, 0.5) is 18.0 Å². The zero-order valence-electron chi connectivity index (χ0n) is 10.3. The number of carbonyl (C=O) groups is 1. The third kappa shape index (κ3) is 6.66. The van der Waals surface area contributed by atoms with Gasteiger partial charge in [-0.2, -0.15) is 13.2 Å². The summed E-state index contributed by atoms with van der Waals surface area (Å²) in [5.41, 5.74) is 7.29. The van der Waals surface area contributed by atoms with Crippen LogP contribution in [0, 0.1) is 0 Å². The fraction of sp³-hybridized carbons (Fsp3) is 0.417. The molecule has 0 aromatic heterocycles. The average molecular weight is 275 g/mol. The number of alkyl halides is 3. The molecule has 1 aromatic rings. The number of nitrogens with one attached hydrogen (secondary N) is 2. The van der Waals surface area contributed by atoms with Gasteiger partial charge in [0.15, 0.2) is 0 Å². The Morgan fingerprint density at radius 1 is 1.11 bits per heavy atom. The van der Waals surface area contributed by atoms with E-state index in [4.69, 9.17) is 5.73 Å². The van der Waals surface area contributed by atoms with E-state index in [1.807, 2.05) is 12.1 Å². The number of carbonyl (C=O) groups excluding carboxylic acids is 1. The predicted molar refractivity (Wildman–Crippen MR) is 65.5 cm³/mol. The van der Waals surface area contributed by atoms with Crippen molar-refractivity contribution in [1.82, 2.24) is 10.6 Å². The summed E-state index contributed by atoms with van der Waals surface area (Å²) < 4.78 is 35.5.